The molecule has 0 aromatic heterocycles. The van der Waals surface area contributed by atoms with E-state index < -0.39 is 11.7 Å². The third-order valence-electron chi connectivity index (χ3n) is 2.64. The van der Waals surface area contributed by atoms with Crippen LogP contribution in [0.3, 0.4) is 0 Å². The van der Waals surface area contributed by atoms with E-state index in [-0.39, 0.29) is 31.4 Å². The molecule has 0 saturated carbocycles. The summed E-state index contributed by atoms with van der Waals surface area (Å²) in [5, 5.41) is 7.64. The molecule has 1 aromatic carbocycles. The second-order valence-electron chi connectivity index (χ2n) is 5.94. The number of carbonyl (C=O) groups excluding carboxylic acids is 3. The summed E-state index contributed by atoms with van der Waals surface area (Å²) in [6.45, 7) is 5.55. The maximum Gasteiger partial charge on any atom is 0.408 e. The standard InChI is InChI=1S/C16H22BrN3O4/c1-16(2,3)24-15(23)20-10-13(21)18-8-9-19-14(22)11-6-4-5-7-12(11)17/h4-7H,8-10H2,1-3H3,(H,18,21)(H,19,22)(H,20,23). The van der Waals surface area contributed by atoms with Crippen LogP contribution in [0.4, 0.5) is 4.79 Å². The molecule has 0 aliphatic carbocycles. The first kappa shape index (κ1) is 20.0. The molecular formula is C16H22BrN3O4. The first-order valence-corrected chi connectivity index (χ1v) is 8.24. The highest BCUT2D eigenvalue weighted by molar-refractivity contribution is 9.10. The molecule has 0 aliphatic rings. The third kappa shape index (κ3) is 7.96. The summed E-state index contributed by atoms with van der Waals surface area (Å²) in [6, 6.07) is 7.06. The summed E-state index contributed by atoms with van der Waals surface area (Å²) >= 11 is 3.30. The lowest BCUT2D eigenvalue weighted by Crippen LogP contribution is -2.42. The van der Waals surface area contributed by atoms with Gasteiger partial charge in [-0.05, 0) is 48.8 Å². The molecule has 7 nitrogen and oxygen atoms in total. The van der Waals surface area contributed by atoms with Gasteiger partial charge in [0.15, 0.2) is 0 Å². The number of hydrogen-bond donors (Lipinski definition) is 3. The van der Waals surface area contributed by atoms with Crippen molar-refractivity contribution in [2.75, 3.05) is 19.6 Å². The van der Waals surface area contributed by atoms with Crippen molar-refractivity contribution in [3.63, 3.8) is 0 Å². The predicted molar refractivity (Wildman–Crippen MR) is 93.7 cm³/mol. The number of hydrogen-bond acceptors (Lipinski definition) is 4. The zero-order valence-corrected chi connectivity index (χ0v) is 15.5. The van der Waals surface area contributed by atoms with Gasteiger partial charge in [0.25, 0.3) is 5.91 Å². The van der Waals surface area contributed by atoms with E-state index in [9.17, 15) is 14.4 Å². The molecule has 3 N–H and O–H groups in total. The van der Waals surface area contributed by atoms with Crippen molar-refractivity contribution < 1.29 is 19.1 Å². The molecule has 0 saturated heterocycles. The highest BCUT2D eigenvalue weighted by Crippen LogP contribution is 2.15. The van der Waals surface area contributed by atoms with Crippen LogP contribution in [0.2, 0.25) is 0 Å². The SMILES string of the molecule is CC(C)(C)OC(=O)NCC(=O)NCCNC(=O)c1ccccc1Br. The Bertz CT molecular complexity index is 599. The van der Waals surface area contributed by atoms with E-state index >= 15 is 0 Å². The van der Waals surface area contributed by atoms with Crippen LogP contribution in [-0.4, -0.2) is 43.1 Å². The molecule has 8 heteroatoms. The summed E-state index contributed by atoms with van der Waals surface area (Å²) in [5.41, 5.74) is -0.0910. The maximum atomic E-state index is 11.9. The fourth-order valence-corrected chi connectivity index (χ4v) is 2.11. The molecule has 24 heavy (non-hydrogen) atoms. The molecule has 3 amide bonds. The van der Waals surface area contributed by atoms with Gasteiger partial charge in [-0.1, -0.05) is 12.1 Å². The Kier molecular flexibility index (Phi) is 7.70. The van der Waals surface area contributed by atoms with Gasteiger partial charge in [-0.2, -0.15) is 0 Å². The Labute approximate surface area is 149 Å². The monoisotopic (exact) mass is 399 g/mol. The fourth-order valence-electron chi connectivity index (χ4n) is 1.65. The number of alkyl carbamates (subject to hydrolysis) is 1. The second kappa shape index (κ2) is 9.27. The smallest absolute Gasteiger partial charge is 0.408 e. The van der Waals surface area contributed by atoms with Gasteiger partial charge < -0.3 is 20.7 Å². The Morgan fingerprint density at radius 1 is 1.04 bits per heavy atom. The average Bonchev–Trinajstić information content (AvgIpc) is 2.48. The van der Waals surface area contributed by atoms with Crippen molar-refractivity contribution in [3.05, 3.63) is 34.3 Å². The molecule has 0 heterocycles. The lowest BCUT2D eigenvalue weighted by Gasteiger charge is -2.19. The molecule has 0 spiro atoms. The quantitative estimate of drug-likeness (QED) is 0.635. The highest BCUT2D eigenvalue weighted by Gasteiger charge is 2.16. The van der Waals surface area contributed by atoms with Crippen LogP contribution in [0.5, 0.6) is 0 Å². The van der Waals surface area contributed by atoms with Crippen molar-refractivity contribution in [2.45, 2.75) is 26.4 Å². The Balaban J connectivity index is 2.21. The Morgan fingerprint density at radius 2 is 1.67 bits per heavy atom. The first-order valence-electron chi connectivity index (χ1n) is 7.45. The largest absolute Gasteiger partial charge is 0.444 e. The van der Waals surface area contributed by atoms with Gasteiger partial charge in [0.05, 0.1) is 12.1 Å². The van der Waals surface area contributed by atoms with E-state index in [4.69, 9.17) is 4.74 Å². The summed E-state index contributed by atoms with van der Waals surface area (Å²) < 4.78 is 5.72. The number of benzene rings is 1. The van der Waals surface area contributed by atoms with Crippen LogP contribution in [-0.2, 0) is 9.53 Å². The molecule has 0 unspecified atom stereocenters. The van der Waals surface area contributed by atoms with Crippen LogP contribution in [0.25, 0.3) is 0 Å². The van der Waals surface area contributed by atoms with Crippen LogP contribution >= 0.6 is 15.9 Å². The molecule has 1 rings (SSSR count). The minimum atomic E-state index is -0.653. The van der Waals surface area contributed by atoms with Crippen molar-refractivity contribution in [2.24, 2.45) is 0 Å². The second-order valence-corrected chi connectivity index (χ2v) is 6.80. The topological polar surface area (TPSA) is 96.5 Å². The lowest BCUT2D eigenvalue weighted by atomic mass is 10.2. The summed E-state index contributed by atoms with van der Waals surface area (Å²) in [5.74, 6) is -0.598. The minimum absolute atomic E-state index is 0.187. The van der Waals surface area contributed by atoms with Crippen molar-refractivity contribution >= 4 is 33.8 Å². The molecule has 1 aromatic rings. The van der Waals surface area contributed by atoms with E-state index in [1.165, 1.54) is 0 Å². The number of rotatable bonds is 6. The summed E-state index contributed by atoms with van der Waals surface area (Å²) in [6.07, 6.45) is -0.653. The lowest BCUT2D eigenvalue weighted by molar-refractivity contribution is -0.120. The van der Waals surface area contributed by atoms with Crippen LogP contribution in [0.1, 0.15) is 31.1 Å². The number of nitrogens with one attached hydrogen (secondary N) is 3. The van der Waals surface area contributed by atoms with Gasteiger partial charge in [-0.25, -0.2) is 4.79 Å². The third-order valence-corrected chi connectivity index (χ3v) is 3.33. The molecule has 0 aliphatic heterocycles. The summed E-state index contributed by atoms with van der Waals surface area (Å²) in [4.78, 5) is 34.9. The normalized spacial score (nSPS) is 10.7. The van der Waals surface area contributed by atoms with Crippen LogP contribution < -0.4 is 16.0 Å². The van der Waals surface area contributed by atoms with E-state index in [0.29, 0.717) is 10.0 Å². The molecule has 0 bridgehead atoms. The van der Waals surface area contributed by atoms with E-state index in [2.05, 4.69) is 31.9 Å². The Morgan fingerprint density at radius 3 is 2.29 bits per heavy atom. The molecule has 0 atom stereocenters. The van der Waals surface area contributed by atoms with Crippen LogP contribution in [0, 0.1) is 0 Å². The van der Waals surface area contributed by atoms with Gasteiger partial charge in [-0.15, -0.1) is 0 Å². The summed E-state index contributed by atoms with van der Waals surface area (Å²) in [7, 11) is 0. The molecule has 0 fully saturated rings. The van der Waals surface area contributed by atoms with Gasteiger partial charge in [0.1, 0.15) is 5.60 Å². The van der Waals surface area contributed by atoms with Gasteiger partial charge in [-0.3, -0.25) is 9.59 Å². The van der Waals surface area contributed by atoms with Crippen LogP contribution in [0.15, 0.2) is 28.7 Å². The van der Waals surface area contributed by atoms with E-state index in [0.717, 1.165) is 0 Å². The highest BCUT2D eigenvalue weighted by atomic mass is 79.9. The van der Waals surface area contributed by atoms with E-state index in [1.807, 2.05) is 6.07 Å². The zero-order valence-electron chi connectivity index (χ0n) is 13.9. The van der Waals surface area contributed by atoms with Gasteiger partial charge in [0.2, 0.25) is 5.91 Å². The van der Waals surface area contributed by atoms with Gasteiger partial charge >= 0.3 is 6.09 Å². The zero-order chi connectivity index (χ0) is 18.2. The maximum absolute atomic E-state index is 11.9. The average molecular weight is 400 g/mol. The predicted octanol–water partition coefficient (Wildman–Crippen LogP) is 1.82. The van der Waals surface area contributed by atoms with Crippen molar-refractivity contribution in [3.8, 4) is 0 Å². The number of halogens is 1. The Hall–Kier alpha value is -2.09. The van der Waals surface area contributed by atoms with E-state index in [1.54, 1.807) is 39.0 Å². The number of ether oxygens (including phenoxy) is 1. The minimum Gasteiger partial charge on any atom is -0.444 e. The van der Waals surface area contributed by atoms with Gasteiger partial charge in [0, 0.05) is 17.6 Å². The van der Waals surface area contributed by atoms with Crippen molar-refractivity contribution in [1.82, 2.24) is 16.0 Å². The molecular weight excluding hydrogens is 378 g/mol. The number of carbonyl (C=O) groups is 3. The number of amides is 3. The molecule has 132 valence electrons. The van der Waals surface area contributed by atoms with Crippen molar-refractivity contribution in [1.29, 1.82) is 0 Å². The molecule has 0 radical (unpaired) electrons. The fraction of sp³-hybridized carbons (Fsp3) is 0.438. The first-order chi connectivity index (χ1) is 11.2.